The molecule has 1 aromatic carbocycles. The highest BCUT2D eigenvalue weighted by Gasteiger charge is 2.25. The molecule has 0 bridgehead atoms. The lowest BCUT2D eigenvalue weighted by atomic mass is 9.80. The summed E-state index contributed by atoms with van der Waals surface area (Å²) in [5, 5.41) is 3.12. The minimum Gasteiger partial charge on any atom is -0.398 e. The number of rotatable bonds is 2. The highest BCUT2D eigenvalue weighted by molar-refractivity contribution is 9.10. The van der Waals surface area contributed by atoms with Crippen LogP contribution in [0.4, 0.5) is 5.69 Å². The van der Waals surface area contributed by atoms with E-state index in [1.807, 2.05) is 6.07 Å². The number of halogens is 1. The quantitative estimate of drug-likeness (QED) is 0.817. The van der Waals surface area contributed by atoms with Gasteiger partial charge < -0.3 is 11.1 Å². The fourth-order valence-corrected chi connectivity index (χ4v) is 3.45. The molecule has 2 unspecified atom stereocenters. The van der Waals surface area contributed by atoms with Gasteiger partial charge in [0, 0.05) is 16.2 Å². The summed E-state index contributed by atoms with van der Waals surface area (Å²) in [6.07, 6.45) is 3.38. The smallest absolute Gasteiger partial charge is 0.253 e. The summed E-state index contributed by atoms with van der Waals surface area (Å²) < 4.78 is 0.890. The molecule has 3 N–H and O–H groups in total. The van der Waals surface area contributed by atoms with Gasteiger partial charge in [0.25, 0.3) is 5.91 Å². The molecular formula is C15H21BrN2O. The van der Waals surface area contributed by atoms with E-state index in [9.17, 15) is 4.79 Å². The molecule has 1 saturated carbocycles. The monoisotopic (exact) mass is 324 g/mol. The third-order valence-corrected chi connectivity index (χ3v) is 4.27. The van der Waals surface area contributed by atoms with Crippen LogP contribution in [0.25, 0.3) is 0 Å². The molecule has 104 valence electrons. The highest BCUT2D eigenvalue weighted by Crippen LogP contribution is 2.29. The van der Waals surface area contributed by atoms with Crippen molar-refractivity contribution in [3.8, 4) is 0 Å². The lowest BCUT2D eigenvalue weighted by molar-refractivity contribution is 0.0912. The molecule has 4 heteroatoms. The van der Waals surface area contributed by atoms with Gasteiger partial charge in [-0.15, -0.1) is 0 Å². The van der Waals surface area contributed by atoms with E-state index in [2.05, 4.69) is 35.1 Å². The van der Waals surface area contributed by atoms with Crippen molar-refractivity contribution in [1.82, 2.24) is 5.32 Å². The normalized spacial score (nSPS) is 27.0. The average molecular weight is 325 g/mol. The number of hydrogen-bond acceptors (Lipinski definition) is 2. The van der Waals surface area contributed by atoms with E-state index >= 15 is 0 Å². The van der Waals surface area contributed by atoms with Crippen LogP contribution in [0.1, 0.15) is 43.5 Å². The van der Waals surface area contributed by atoms with Crippen LogP contribution in [0.3, 0.4) is 0 Å². The summed E-state index contributed by atoms with van der Waals surface area (Å²) in [5.74, 6) is 1.30. The number of carbonyl (C=O) groups is 1. The Morgan fingerprint density at radius 2 is 1.89 bits per heavy atom. The molecular weight excluding hydrogens is 304 g/mol. The van der Waals surface area contributed by atoms with Crippen molar-refractivity contribution in [3.63, 3.8) is 0 Å². The number of nitrogens with one attached hydrogen (secondary N) is 1. The van der Waals surface area contributed by atoms with Crippen molar-refractivity contribution in [2.75, 3.05) is 5.73 Å². The Hall–Kier alpha value is -1.03. The maximum absolute atomic E-state index is 12.3. The second-order valence-corrected chi connectivity index (χ2v) is 6.74. The summed E-state index contributed by atoms with van der Waals surface area (Å²) in [6.45, 7) is 4.51. The Labute approximate surface area is 123 Å². The molecule has 0 spiro atoms. The van der Waals surface area contributed by atoms with Crippen molar-refractivity contribution in [3.05, 3.63) is 28.2 Å². The van der Waals surface area contributed by atoms with Crippen molar-refractivity contribution in [2.24, 2.45) is 11.8 Å². The number of carbonyl (C=O) groups excluding carboxylic acids is 1. The second kappa shape index (κ2) is 5.95. The van der Waals surface area contributed by atoms with Crippen LogP contribution < -0.4 is 11.1 Å². The number of anilines is 1. The predicted octanol–water partition coefficient (Wildman–Crippen LogP) is 3.59. The fraction of sp³-hybridized carbons (Fsp3) is 0.533. The first-order valence-electron chi connectivity index (χ1n) is 6.81. The number of nitrogens with two attached hydrogens (primary N) is 1. The van der Waals surface area contributed by atoms with E-state index in [0.717, 1.165) is 17.3 Å². The molecule has 2 rings (SSSR count). The number of benzene rings is 1. The molecule has 0 saturated heterocycles. The Morgan fingerprint density at radius 1 is 1.26 bits per heavy atom. The number of hydrogen-bond donors (Lipinski definition) is 2. The first kappa shape index (κ1) is 14.4. The summed E-state index contributed by atoms with van der Waals surface area (Å²) >= 11 is 3.35. The maximum atomic E-state index is 12.3. The van der Waals surface area contributed by atoms with Gasteiger partial charge in [0.15, 0.2) is 0 Å². The zero-order valence-corrected chi connectivity index (χ0v) is 13.0. The van der Waals surface area contributed by atoms with Crippen LogP contribution in [0.2, 0.25) is 0 Å². The Morgan fingerprint density at radius 3 is 2.47 bits per heavy atom. The molecule has 1 aliphatic rings. The summed E-state index contributed by atoms with van der Waals surface area (Å²) in [5.41, 5.74) is 6.97. The standard InChI is InChI=1S/C15H21BrN2O/c1-9-5-10(2)7-12(6-9)18-15(19)13-4-3-11(16)8-14(13)17/h3-4,8-10,12H,5-7,17H2,1-2H3,(H,18,19). The summed E-state index contributed by atoms with van der Waals surface area (Å²) in [4.78, 5) is 12.3. The largest absolute Gasteiger partial charge is 0.398 e. The van der Waals surface area contributed by atoms with Crippen molar-refractivity contribution >= 4 is 27.5 Å². The molecule has 2 atom stereocenters. The van der Waals surface area contributed by atoms with Gasteiger partial charge in [-0.05, 0) is 49.3 Å². The third-order valence-electron chi connectivity index (χ3n) is 3.77. The summed E-state index contributed by atoms with van der Waals surface area (Å²) in [6, 6.07) is 5.65. The van der Waals surface area contributed by atoms with E-state index in [1.165, 1.54) is 6.42 Å². The first-order valence-corrected chi connectivity index (χ1v) is 7.61. The minimum atomic E-state index is -0.0590. The van der Waals surface area contributed by atoms with Gasteiger partial charge in [0.05, 0.1) is 5.56 Å². The van der Waals surface area contributed by atoms with E-state index in [0.29, 0.717) is 23.1 Å². The van der Waals surface area contributed by atoms with Gasteiger partial charge in [0.2, 0.25) is 0 Å². The average Bonchev–Trinajstić information content (AvgIpc) is 2.26. The van der Waals surface area contributed by atoms with Gasteiger partial charge in [-0.2, -0.15) is 0 Å². The van der Waals surface area contributed by atoms with Gasteiger partial charge in [-0.3, -0.25) is 4.79 Å². The van der Waals surface area contributed by atoms with Crippen LogP contribution in [-0.2, 0) is 0 Å². The van der Waals surface area contributed by atoms with E-state index in [-0.39, 0.29) is 11.9 Å². The molecule has 0 radical (unpaired) electrons. The van der Waals surface area contributed by atoms with E-state index < -0.39 is 0 Å². The molecule has 3 nitrogen and oxygen atoms in total. The molecule has 1 fully saturated rings. The van der Waals surface area contributed by atoms with Gasteiger partial charge in [0.1, 0.15) is 0 Å². The lowest BCUT2D eigenvalue weighted by Gasteiger charge is -2.32. The molecule has 19 heavy (non-hydrogen) atoms. The predicted molar refractivity (Wildman–Crippen MR) is 82.0 cm³/mol. The fourth-order valence-electron chi connectivity index (χ4n) is 3.07. The molecule has 1 aromatic rings. The van der Waals surface area contributed by atoms with Crippen molar-refractivity contribution < 1.29 is 4.79 Å². The van der Waals surface area contributed by atoms with Crippen molar-refractivity contribution in [1.29, 1.82) is 0 Å². The number of nitrogen functional groups attached to an aromatic ring is 1. The van der Waals surface area contributed by atoms with E-state index in [4.69, 9.17) is 5.73 Å². The van der Waals surface area contributed by atoms with E-state index in [1.54, 1.807) is 12.1 Å². The Balaban J connectivity index is 2.04. The maximum Gasteiger partial charge on any atom is 0.253 e. The van der Waals surface area contributed by atoms with Gasteiger partial charge in [-0.25, -0.2) is 0 Å². The molecule has 1 amide bonds. The lowest BCUT2D eigenvalue weighted by Crippen LogP contribution is -2.40. The van der Waals surface area contributed by atoms with Crippen LogP contribution >= 0.6 is 15.9 Å². The SMILES string of the molecule is CC1CC(C)CC(NC(=O)c2ccc(Br)cc2N)C1. The van der Waals surface area contributed by atoms with Crippen LogP contribution in [0, 0.1) is 11.8 Å². The Bertz CT molecular complexity index is 465. The van der Waals surface area contributed by atoms with Gasteiger partial charge in [-0.1, -0.05) is 29.8 Å². The minimum absolute atomic E-state index is 0.0590. The van der Waals surface area contributed by atoms with Crippen molar-refractivity contribution in [2.45, 2.75) is 39.2 Å². The highest BCUT2D eigenvalue weighted by atomic mass is 79.9. The second-order valence-electron chi connectivity index (χ2n) is 5.82. The van der Waals surface area contributed by atoms with Gasteiger partial charge >= 0.3 is 0 Å². The molecule has 0 heterocycles. The van der Waals surface area contributed by atoms with Crippen LogP contribution in [0.5, 0.6) is 0 Å². The Kier molecular flexibility index (Phi) is 4.50. The molecule has 0 aromatic heterocycles. The zero-order valence-electron chi connectivity index (χ0n) is 11.4. The topological polar surface area (TPSA) is 55.1 Å². The van der Waals surface area contributed by atoms with Crippen LogP contribution in [0.15, 0.2) is 22.7 Å². The van der Waals surface area contributed by atoms with Crippen LogP contribution in [-0.4, -0.2) is 11.9 Å². The first-order chi connectivity index (χ1) is 8.95. The third kappa shape index (κ3) is 3.72. The molecule has 1 aliphatic carbocycles. The molecule has 0 aliphatic heterocycles. The number of amides is 1. The summed E-state index contributed by atoms with van der Waals surface area (Å²) in [7, 11) is 0. The zero-order chi connectivity index (χ0) is 14.0.